The smallest absolute Gasteiger partial charge is 0.224 e. The first-order valence-corrected chi connectivity index (χ1v) is 10.3. The number of rotatable bonds is 8. The first kappa shape index (κ1) is 20.3. The van der Waals surface area contributed by atoms with Gasteiger partial charge in [-0.25, -0.2) is 17.1 Å². The highest BCUT2D eigenvalue weighted by Crippen LogP contribution is 2.11. The van der Waals surface area contributed by atoms with Crippen LogP contribution in [-0.4, -0.2) is 80.4 Å². The molecule has 0 radical (unpaired) electrons. The highest BCUT2D eigenvalue weighted by atomic mass is 32.2. The van der Waals surface area contributed by atoms with Gasteiger partial charge in [0.05, 0.1) is 6.26 Å². The zero-order valence-corrected chi connectivity index (χ0v) is 15.6. The van der Waals surface area contributed by atoms with Crippen molar-refractivity contribution in [2.45, 2.75) is 12.8 Å². The number of hydrogen-bond acceptors (Lipinski definition) is 4. The molecule has 7 nitrogen and oxygen atoms in total. The maximum atomic E-state index is 13.7. The lowest BCUT2D eigenvalue weighted by atomic mass is 10.1. The number of nitrogens with zero attached hydrogens (tertiary/aromatic N) is 3. The van der Waals surface area contributed by atoms with Gasteiger partial charge in [-0.3, -0.25) is 9.59 Å². The van der Waals surface area contributed by atoms with Crippen molar-refractivity contribution in [1.29, 1.82) is 0 Å². The Balaban J connectivity index is 1.89. The van der Waals surface area contributed by atoms with E-state index in [1.807, 2.05) is 0 Å². The molecular formula is C17H24FN3O4S. The van der Waals surface area contributed by atoms with E-state index >= 15 is 0 Å². The topological polar surface area (TPSA) is 78.0 Å². The van der Waals surface area contributed by atoms with Crippen molar-refractivity contribution in [3.05, 3.63) is 35.6 Å². The van der Waals surface area contributed by atoms with Crippen molar-refractivity contribution >= 4 is 22.3 Å². The minimum Gasteiger partial charge on any atom is -0.342 e. The van der Waals surface area contributed by atoms with Gasteiger partial charge in [-0.15, -0.1) is 0 Å². The van der Waals surface area contributed by atoms with E-state index in [4.69, 9.17) is 0 Å². The lowest BCUT2D eigenvalue weighted by Crippen LogP contribution is -2.48. The van der Waals surface area contributed by atoms with Gasteiger partial charge in [-0.1, -0.05) is 18.2 Å². The maximum Gasteiger partial charge on any atom is 0.224 e. The van der Waals surface area contributed by atoms with Crippen LogP contribution in [-0.2, 0) is 26.0 Å². The number of carbonyl (C=O) groups excluding carboxylic acids is 2. The molecule has 1 aromatic carbocycles. The summed E-state index contributed by atoms with van der Waals surface area (Å²) in [5.41, 5.74) is 0.442. The number of carbonyl (C=O) groups is 2. The molecule has 2 rings (SSSR count). The number of benzene rings is 1. The van der Waals surface area contributed by atoms with Crippen LogP contribution in [0.2, 0.25) is 0 Å². The molecule has 2 amide bonds. The molecular weight excluding hydrogens is 361 g/mol. The Bertz CT molecular complexity index is 733. The fourth-order valence-electron chi connectivity index (χ4n) is 2.84. The second kappa shape index (κ2) is 9.09. The lowest BCUT2D eigenvalue weighted by molar-refractivity contribution is -0.135. The molecule has 0 spiro atoms. The molecule has 0 aliphatic carbocycles. The van der Waals surface area contributed by atoms with Gasteiger partial charge in [-0.2, -0.15) is 0 Å². The van der Waals surface area contributed by atoms with E-state index < -0.39 is 10.0 Å². The number of amides is 2. The van der Waals surface area contributed by atoms with E-state index in [1.165, 1.54) is 10.4 Å². The van der Waals surface area contributed by atoms with Crippen LogP contribution >= 0.6 is 0 Å². The van der Waals surface area contributed by atoms with Gasteiger partial charge in [0.2, 0.25) is 22.3 Å². The lowest BCUT2D eigenvalue weighted by Gasteiger charge is -2.33. The molecule has 144 valence electrons. The van der Waals surface area contributed by atoms with E-state index in [0.29, 0.717) is 31.7 Å². The molecule has 1 aliphatic heterocycles. The normalized spacial score (nSPS) is 15.3. The molecule has 26 heavy (non-hydrogen) atoms. The molecule has 0 N–H and O–H groups in total. The Hall–Kier alpha value is -2.00. The molecule has 0 atom stereocenters. The van der Waals surface area contributed by atoms with Crippen LogP contribution < -0.4 is 0 Å². The fraction of sp³-hybridized carbons (Fsp3) is 0.529. The number of piperazine rings is 1. The van der Waals surface area contributed by atoms with Gasteiger partial charge < -0.3 is 9.80 Å². The highest BCUT2D eigenvalue weighted by molar-refractivity contribution is 7.88. The Kier molecular flexibility index (Phi) is 7.10. The van der Waals surface area contributed by atoms with Crippen molar-refractivity contribution in [1.82, 2.24) is 14.1 Å². The zero-order valence-electron chi connectivity index (χ0n) is 14.8. The maximum absolute atomic E-state index is 13.7. The average molecular weight is 385 g/mol. The van der Waals surface area contributed by atoms with Gasteiger partial charge in [0.15, 0.2) is 0 Å². The van der Waals surface area contributed by atoms with Crippen LogP contribution in [0.1, 0.15) is 12.0 Å². The summed E-state index contributed by atoms with van der Waals surface area (Å²) in [6, 6.07) is 6.23. The van der Waals surface area contributed by atoms with Crippen LogP contribution in [0, 0.1) is 5.82 Å². The predicted molar refractivity (Wildman–Crippen MR) is 95.4 cm³/mol. The summed E-state index contributed by atoms with van der Waals surface area (Å²) in [6.45, 7) is 2.04. The summed E-state index contributed by atoms with van der Waals surface area (Å²) in [7, 11) is -3.50. The quantitative estimate of drug-likeness (QED) is 0.604. The monoisotopic (exact) mass is 385 g/mol. The summed E-state index contributed by atoms with van der Waals surface area (Å²) in [5, 5.41) is 0. The SMILES string of the molecule is CS(=O)(=O)N(CCC(=O)N1CCN(C=O)CC1)CCc1ccccc1F. The Labute approximate surface area is 153 Å². The van der Waals surface area contributed by atoms with Crippen molar-refractivity contribution < 1.29 is 22.4 Å². The van der Waals surface area contributed by atoms with Crippen LogP contribution in [0.15, 0.2) is 24.3 Å². The third kappa shape index (κ3) is 5.77. The van der Waals surface area contributed by atoms with E-state index in [-0.39, 0.29) is 37.7 Å². The van der Waals surface area contributed by atoms with Gasteiger partial charge in [0.25, 0.3) is 0 Å². The molecule has 0 saturated carbocycles. The molecule has 1 aliphatic rings. The van der Waals surface area contributed by atoms with Gasteiger partial charge in [-0.05, 0) is 18.1 Å². The Morgan fingerprint density at radius 2 is 1.85 bits per heavy atom. The molecule has 1 saturated heterocycles. The van der Waals surface area contributed by atoms with Gasteiger partial charge >= 0.3 is 0 Å². The molecule has 0 bridgehead atoms. The third-order valence-corrected chi connectivity index (χ3v) is 5.75. The summed E-state index contributed by atoms with van der Waals surface area (Å²) < 4.78 is 38.8. The number of hydrogen-bond donors (Lipinski definition) is 0. The van der Waals surface area contributed by atoms with Crippen molar-refractivity contribution in [3.63, 3.8) is 0 Å². The minimum atomic E-state index is -3.50. The Morgan fingerprint density at radius 1 is 1.19 bits per heavy atom. The molecule has 0 aromatic heterocycles. The first-order chi connectivity index (χ1) is 12.3. The summed E-state index contributed by atoms with van der Waals surface area (Å²) in [6.07, 6.45) is 2.15. The number of sulfonamides is 1. The minimum absolute atomic E-state index is 0.0556. The van der Waals surface area contributed by atoms with Gasteiger partial charge in [0, 0.05) is 45.7 Å². The van der Waals surface area contributed by atoms with Crippen molar-refractivity contribution in [2.75, 3.05) is 45.5 Å². The molecule has 1 aromatic rings. The zero-order chi connectivity index (χ0) is 19.2. The van der Waals surface area contributed by atoms with Gasteiger partial charge in [0.1, 0.15) is 5.82 Å². The molecule has 0 unspecified atom stereocenters. The van der Waals surface area contributed by atoms with E-state index in [2.05, 4.69) is 0 Å². The van der Waals surface area contributed by atoms with Crippen LogP contribution in [0.25, 0.3) is 0 Å². The predicted octanol–water partition coefficient (Wildman–Crippen LogP) is 0.321. The van der Waals surface area contributed by atoms with E-state index in [0.717, 1.165) is 12.7 Å². The first-order valence-electron chi connectivity index (χ1n) is 8.47. The van der Waals surface area contributed by atoms with Crippen LogP contribution in [0.5, 0.6) is 0 Å². The van der Waals surface area contributed by atoms with E-state index in [1.54, 1.807) is 28.0 Å². The van der Waals surface area contributed by atoms with Crippen LogP contribution in [0.4, 0.5) is 4.39 Å². The fourth-order valence-corrected chi connectivity index (χ4v) is 3.69. The van der Waals surface area contributed by atoms with Crippen LogP contribution in [0.3, 0.4) is 0 Å². The highest BCUT2D eigenvalue weighted by Gasteiger charge is 2.23. The van der Waals surface area contributed by atoms with Crippen molar-refractivity contribution in [2.24, 2.45) is 0 Å². The standard InChI is InChI=1S/C17H24FN3O4S/c1-26(24,25)21(8-6-15-4-2-3-5-16(15)18)9-7-17(23)20-12-10-19(14-22)11-13-20/h2-5,14H,6-13H2,1H3. The number of halogens is 1. The average Bonchev–Trinajstić information content (AvgIpc) is 2.61. The second-order valence-corrected chi connectivity index (χ2v) is 8.26. The largest absolute Gasteiger partial charge is 0.342 e. The van der Waals surface area contributed by atoms with E-state index in [9.17, 15) is 22.4 Å². The molecule has 9 heteroatoms. The molecule has 1 fully saturated rings. The molecule has 1 heterocycles. The Morgan fingerprint density at radius 3 is 2.42 bits per heavy atom. The summed E-state index contributed by atoms with van der Waals surface area (Å²) in [4.78, 5) is 26.2. The summed E-state index contributed by atoms with van der Waals surface area (Å²) in [5.74, 6) is -0.514. The summed E-state index contributed by atoms with van der Waals surface area (Å²) >= 11 is 0. The second-order valence-electron chi connectivity index (χ2n) is 6.28. The third-order valence-electron chi connectivity index (χ3n) is 4.45. The van der Waals surface area contributed by atoms with Crippen molar-refractivity contribution in [3.8, 4) is 0 Å².